The van der Waals surface area contributed by atoms with Crippen LogP contribution in [0.1, 0.15) is 45.6 Å². The van der Waals surface area contributed by atoms with Gasteiger partial charge in [0.1, 0.15) is 0 Å². The molecule has 0 aliphatic heterocycles. The molecule has 0 aliphatic carbocycles. The van der Waals surface area contributed by atoms with Gasteiger partial charge in [-0.05, 0) is 56.5 Å². The van der Waals surface area contributed by atoms with Crippen LogP contribution in [0.4, 0.5) is 5.13 Å². The number of hydrogen-bond acceptors (Lipinski definition) is 6. The molecule has 9 heteroatoms. The first-order chi connectivity index (χ1) is 13.7. The third kappa shape index (κ3) is 5.06. The Balaban J connectivity index is 1.72. The van der Waals surface area contributed by atoms with Gasteiger partial charge in [-0.25, -0.2) is 13.1 Å². The molecule has 0 spiro atoms. The van der Waals surface area contributed by atoms with Gasteiger partial charge in [0.25, 0.3) is 15.9 Å². The lowest BCUT2D eigenvalue weighted by atomic mass is 10.0. The highest BCUT2D eigenvalue weighted by Crippen LogP contribution is 2.24. The molecule has 0 bridgehead atoms. The summed E-state index contributed by atoms with van der Waals surface area (Å²) in [6.07, 6.45) is 0. The molecule has 0 aliphatic rings. The zero-order valence-corrected chi connectivity index (χ0v) is 18.2. The Labute approximate surface area is 174 Å². The Bertz CT molecular complexity index is 1160. The van der Waals surface area contributed by atoms with Crippen molar-refractivity contribution in [3.63, 3.8) is 0 Å². The molecule has 2 aromatic carbocycles. The second kappa shape index (κ2) is 8.40. The van der Waals surface area contributed by atoms with Crippen molar-refractivity contribution in [1.29, 1.82) is 0 Å². The van der Waals surface area contributed by atoms with Crippen LogP contribution in [0.15, 0.2) is 46.8 Å². The Hall–Kier alpha value is -2.62. The third-order valence-electron chi connectivity index (χ3n) is 4.50. The molecule has 2 N–H and O–H groups in total. The molecule has 3 aromatic rings. The molecule has 0 fully saturated rings. The number of hydrogen-bond donors (Lipinski definition) is 2. The fourth-order valence-corrected chi connectivity index (χ4v) is 4.85. The maximum atomic E-state index is 12.7. The van der Waals surface area contributed by atoms with Gasteiger partial charge in [-0.1, -0.05) is 47.2 Å². The average molecular weight is 431 g/mol. The van der Waals surface area contributed by atoms with E-state index in [2.05, 4.69) is 20.2 Å². The Morgan fingerprint density at radius 2 is 1.79 bits per heavy atom. The molecule has 29 heavy (non-hydrogen) atoms. The number of carbonyl (C=O) groups is 1. The average Bonchev–Trinajstić information content (AvgIpc) is 3.13. The minimum absolute atomic E-state index is 0.121. The van der Waals surface area contributed by atoms with E-state index in [-0.39, 0.29) is 15.4 Å². The lowest BCUT2D eigenvalue weighted by Gasteiger charge is -2.14. The smallest absolute Gasteiger partial charge is 0.270 e. The molecule has 0 radical (unpaired) electrons. The number of amides is 1. The van der Waals surface area contributed by atoms with Gasteiger partial charge in [0.15, 0.2) is 0 Å². The summed E-state index contributed by atoms with van der Waals surface area (Å²) in [5.74, 6) is -0.370. The van der Waals surface area contributed by atoms with Gasteiger partial charge in [-0.3, -0.25) is 10.1 Å². The molecule has 7 nitrogen and oxygen atoms in total. The molecular formula is C20H22N4O3S2. The normalized spacial score (nSPS) is 12.6. The molecule has 0 saturated heterocycles. The number of nitrogens with one attached hydrogen (secondary N) is 2. The summed E-state index contributed by atoms with van der Waals surface area (Å²) in [7, 11) is -3.87. The summed E-state index contributed by atoms with van der Waals surface area (Å²) in [4.78, 5) is 12.3. The van der Waals surface area contributed by atoms with Gasteiger partial charge < -0.3 is 0 Å². The lowest BCUT2D eigenvalue weighted by molar-refractivity contribution is 0.102. The number of nitrogens with zero attached hydrogens (tertiary/aromatic N) is 2. The minimum Gasteiger partial charge on any atom is -0.296 e. The second-order valence-electron chi connectivity index (χ2n) is 6.88. The van der Waals surface area contributed by atoms with Gasteiger partial charge in [-0.2, -0.15) is 0 Å². The quantitative estimate of drug-likeness (QED) is 0.580. The van der Waals surface area contributed by atoms with E-state index in [0.29, 0.717) is 5.56 Å². The van der Waals surface area contributed by atoms with Crippen molar-refractivity contribution in [2.45, 2.75) is 38.1 Å². The van der Waals surface area contributed by atoms with Crippen LogP contribution in [0, 0.1) is 20.8 Å². The topological polar surface area (TPSA) is 101 Å². The molecule has 152 valence electrons. The van der Waals surface area contributed by atoms with Crippen LogP contribution in [0.5, 0.6) is 0 Å². The van der Waals surface area contributed by atoms with Gasteiger partial charge in [0.2, 0.25) is 9.47 Å². The SMILES string of the molecule is Cc1cccc(C(=O)Nc2nnc(S(=O)(=O)NC(C)c3ccc(C)c(C)c3)s2)c1. The fraction of sp³-hybridized carbons (Fsp3) is 0.250. The summed E-state index contributed by atoms with van der Waals surface area (Å²) in [6.45, 7) is 7.63. The van der Waals surface area contributed by atoms with E-state index in [1.165, 1.54) is 0 Å². The predicted molar refractivity (Wildman–Crippen MR) is 114 cm³/mol. The fourth-order valence-electron chi connectivity index (χ4n) is 2.71. The monoisotopic (exact) mass is 430 g/mol. The van der Waals surface area contributed by atoms with Crippen LogP contribution < -0.4 is 10.0 Å². The van der Waals surface area contributed by atoms with Crippen molar-refractivity contribution >= 4 is 32.4 Å². The van der Waals surface area contributed by atoms with Crippen molar-refractivity contribution in [3.05, 3.63) is 70.3 Å². The van der Waals surface area contributed by atoms with Crippen molar-refractivity contribution in [3.8, 4) is 0 Å². The van der Waals surface area contributed by atoms with Gasteiger partial charge in [0.05, 0.1) is 0 Å². The predicted octanol–water partition coefficient (Wildman–Crippen LogP) is 3.76. The summed E-state index contributed by atoms with van der Waals surface area (Å²) < 4.78 is 27.7. The molecule has 1 heterocycles. The molecule has 1 aromatic heterocycles. The zero-order chi connectivity index (χ0) is 21.2. The number of aromatic nitrogens is 2. The summed E-state index contributed by atoms with van der Waals surface area (Å²) >= 11 is 0.805. The van der Waals surface area contributed by atoms with Crippen molar-refractivity contribution in [2.24, 2.45) is 0 Å². The molecule has 3 rings (SSSR count). The van der Waals surface area contributed by atoms with Crippen LogP contribution in [-0.4, -0.2) is 24.5 Å². The first-order valence-electron chi connectivity index (χ1n) is 8.97. The maximum Gasteiger partial charge on any atom is 0.270 e. The Morgan fingerprint density at radius 3 is 2.48 bits per heavy atom. The molecule has 1 amide bonds. The van der Waals surface area contributed by atoms with Crippen LogP contribution >= 0.6 is 11.3 Å². The van der Waals surface area contributed by atoms with Crippen LogP contribution in [0.3, 0.4) is 0 Å². The second-order valence-corrected chi connectivity index (χ2v) is 9.75. The molecule has 1 atom stereocenters. The van der Waals surface area contributed by atoms with Crippen LogP contribution in [0.2, 0.25) is 0 Å². The first-order valence-corrected chi connectivity index (χ1v) is 11.3. The van der Waals surface area contributed by atoms with E-state index in [9.17, 15) is 13.2 Å². The summed E-state index contributed by atoms with van der Waals surface area (Å²) in [5.41, 5.74) is 4.50. The van der Waals surface area contributed by atoms with Crippen molar-refractivity contribution in [1.82, 2.24) is 14.9 Å². The third-order valence-corrected chi connectivity index (χ3v) is 7.25. The van der Waals surface area contributed by atoms with Crippen LogP contribution in [0.25, 0.3) is 0 Å². The number of anilines is 1. The van der Waals surface area contributed by atoms with Gasteiger partial charge in [-0.15, -0.1) is 10.2 Å². The highest BCUT2D eigenvalue weighted by atomic mass is 32.2. The maximum absolute atomic E-state index is 12.7. The van der Waals surface area contributed by atoms with Crippen molar-refractivity contribution < 1.29 is 13.2 Å². The number of carbonyl (C=O) groups excluding carboxylic acids is 1. The molecular weight excluding hydrogens is 408 g/mol. The van der Waals surface area contributed by atoms with Crippen molar-refractivity contribution in [2.75, 3.05) is 5.32 Å². The molecule has 1 unspecified atom stereocenters. The zero-order valence-electron chi connectivity index (χ0n) is 16.6. The summed E-state index contributed by atoms with van der Waals surface area (Å²) in [5, 5.41) is 10.2. The van der Waals surface area contributed by atoms with Gasteiger partial charge >= 0.3 is 0 Å². The minimum atomic E-state index is -3.87. The Morgan fingerprint density at radius 1 is 1.03 bits per heavy atom. The Kier molecular flexibility index (Phi) is 6.11. The number of rotatable bonds is 6. The van der Waals surface area contributed by atoms with Crippen LogP contribution in [-0.2, 0) is 10.0 Å². The van der Waals surface area contributed by atoms with E-state index >= 15 is 0 Å². The standard InChI is InChI=1S/C20H22N4O3S2/c1-12-6-5-7-17(10-12)18(25)21-19-22-23-20(28-19)29(26,27)24-15(4)16-9-8-13(2)14(3)11-16/h5-11,15,24H,1-4H3,(H,21,22,25). The lowest BCUT2D eigenvalue weighted by Crippen LogP contribution is -2.26. The van der Waals surface area contributed by atoms with E-state index in [1.54, 1.807) is 25.1 Å². The number of sulfonamides is 1. The van der Waals surface area contributed by atoms with Gasteiger partial charge in [0, 0.05) is 11.6 Å². The number of benzene rings is 2. The molecule has 0 saturated carbocycles. The van der Waals surface area contributed by atoms with E-state index in [0.717, 1.165) is 33.6 Å². The highest BCUT2D eigenvalue weighted by molar-refractivity contribution is 7.91. The van der Waals surface area contributed by atoms with E-state index in [4.69, 9.17) is 0 Å². The number of aryl methyl sites for hydroxylation is 3. The van der Waals surface area contributed by atoms with E-state index < -0.39 is 16.1 Å². The highest BCUT2D eigenvalue weighted by Gasteiger charge is 2.24. The largest absolute Gasteiger partial charge is 0.296 e. The summed E-state index contributed by atoms with van der Waals surface area (Å²) in [6, 6.07) is 12.4. The first kappa shape index (κ1) is 21.1. The van der Waals surface area contributed by atoms with E-state index in [1.807, 2.05) is 45.0 Å².